The first-order valence-electron chi connectivity index (χ1n) is 11.0. The van der Waals surface area contributed by atoms with E-state index in [1.54, 1.807) is 19.3 Å². The fraction of sp³-hybridized carbons (Fsp3) is 0.360. The molecule has 1 atom stereocenters. The van der Waals surface area contributed by atoms with Gasteiger partial charge < -0.3 is 20.3 Å². The molecule has 0 spiro atoms. The van der Waals surface area contributed by atoms with E-state index in [1.165, 1.54) is 0 Å². The number of nitrogens with one attached hydrogen (secondary N) is 2. The summed E-state index contributed by atoms with van der Waals surface area (Å²) in [4.78, 5) is 8.89. The highest BCUT2D eigenvalue weighted by molar-refractivity contribution is 6.30. The molecule has 1 saturated heterocycles. The number of rotatable bonds is 2. The van der Waals surface area contributed by atoms with Crippen molar-refractivity contribution >= 4 is 23.3 Å². The molecule has 0 saturated carbocycles. The van der Waals surface area contributed by atoms with E-state index in [1.807, 2.05) is 54.9 Å². The van der Waals surface area contributed by atoms with Gasteiger partial charge in [-0.25, -0.2) is 4.98 Å². The fourth-order valence-electron chi connectivity index (χ4n) is 4.20. The smallest absolute Gasteiger partial charge is 0.129 e. The van der Waals surface area contributed by atoms with E-state index in [4.69, 9.17) is 11.6 Å². The van der Waals surface area contributed by atoms with Crippen LogP contribution in [0.25, 0.3) is 11.6 Å². The van der Waals surface area contributed by atoms with Gasteiger partial charge in [-0.05, 0) is 60.4 Å². The number of hydrogen-bond acceptors (Lipinski definition) is 5. The third kappa shape index (κ3) is 4.64. The first-order valence-corrected chi connectivity index (χ1v) is 11.3. The Morgan fingerprint density at radius 2 is 1.81 bits per heavy atom. The minimum atomic E-state index is -1.23. The molecule has 2 aromatic heterocycles. The largest absolute Gasteiger partial charge is 0.379 e. The van der Waals surface area contributed by atoms with E-state index >= 15 is 0 Å². The highest BCUT2D eigenvalue weighted by atomic mass is 35.5. The van der Waals surface area contributed by atoms with Gasteiger partial charge in [-0.1, -0.05) is 23.7 Å². The van der Waals surface area contributed by atoms with Crippen LogP contribution in [0.4, 0.5) is 0 Å². The fourth-order valence-corrected chi connectivity index (χ4v) is 4.37. The number of nitrogens with zero attached hydrogens (tertiary/aromatic N) is 3. The first-order chi connectivity index (χ1) is 15.4. The number of hydrogen-bond donors (Lipinski definition) is 3. The lowest BCUT2D eigenvalue weighted by molar-refractivity contribution is 0.114. The summed E-state index contributed by atoms with van der Waals surface area (Å²) in [6.07, 6.45) is 6.25. The molecule has 3 N–H and O–H groups in total. The molecule has 32 heavy (non-hydrogen) atoms. The monoisotopic (exact) mass is 451 g/mol. The van der Waals surface area contributed by atoms with Crippen molar-refractivity contribution in [2.75, 3.05) is 26.2 Å². The number of halogens is 1. The van der Waals surface area contributed by atoms with Crippen LogP contribution in [0.5, 0.6) is 0 Å². The summed E-state index contributed by atoms with van der Waals surface area (Å²) in [6.45, 7) is 8.28. The van der Waals surface area contributed by atoms with Crippen LogP contribution in [0.1, 0.15) is 40.8 Å². The van der Waals surface area contributed by atoms with E-state index < -0.39 is 5.60 Å². The Kier molecular flexibility index (Phi) is 6.76. The molecule has 1 fully saturated rings. The summed E-state index contributed by atoms with van der Waals surface area (Å²) in [5.41, 5.74) is 4.34. The van der Waals surface area contributed by atoms with Gasteiger partial charge in [-0.3, -0.25) is 4.98 Å². The molecule has 1 aromatic carbocycles. The van der Waals surface area contributed by atoms with Gasteiger partial charge in [0.15, 0.2) is 0 Å². The van der Waals surface area contributed by atoms with Crippen molar-refractivity contribution in [3.05, 3.63) is 81.7 Å². The molecule has 168 valence electrons. The van der Waals surface area contributed by atoms with Gasteiger partial charge in [0.1, 0.15) is 11.4 Å². The van der Waals surface area contributed by atoms with Gasteiger partial charge in [-0.2, -0.15) is 0 Å². The average Bonchev–Trinajstić information content (AvgIpc) is 3.05. The van der Waals surface area contributed by atoms with Gasteiger partial charge >= 0.3 is 0 Å². The van der Waals surface area contributed by atoms with Gasteiger partial charge in [0.2, 0.25) is 0 Å². The van der Waals surface area contributed by atoms with Gasteiger partial charge in [0.25, 0.3) is 0 Å². The lowest BCUT2D eigenvalue weighted by atomic mass is 9.84. The van der Waals surface area contributed by atoms with E-state index in [0.29, 0.717) is 11.4 Å². The maximum Gasteiger partial charge on any atom is 0.129 e. The third-order valence-corrected chi connectivity index (χ3v) is 6.38. The van der Waals surface area contributed by atoms with Crippen LogP contribution in [-0.2, 0) is 19.1 Å². The van der Waals surface area contributed by atoms with E-state index in [-0.39, 0.29) is 0 Å². The minimum absolute atomic E-state index is 0.644. The van der Waals surface area contributed by atoms with Crippen LogP contribution >= 0.6 is 11.6 Å². The zero-order chi connectivity index (χ0) is 22.7. The molecule has 0 radical (unpaired) electrons. The molecule has 6 nitrogen and oxygen atoms in total. The number of benzene rings is 1. The molecular weight excluding hydrogens is 422 g/mol. The number of aryl methyl sites for hydroxylation is 1. The Morgan fingerprint density at radius 1 is 1.09 bits per heavy atom. The predicted octanol–water partition coefficient (Wildman–Crippen LogP) is 3.31. The Bertz CT molecular complexity index is 1120. The van der Waals surface area contributed by atoms with Crippen LogP contribution in [0, 0.1) is 6.92 Å². The number of aliphatic hydroxyl groups is 1. The highest BCUT2D eigenvalue weighted by Crippen LogP contribution is 2.42. The molecule has 1 aliphatic heterocycles. The number of pyridine rings is 1. The number of aromatic nitrogens is 3. The Labute approximate surface area is 194 Å². The highest BCUT2D eigenvalue weighted by Gasteiger charge is 2.35. The Morgan fingerprint density at radius 3 is 2.44 bits per heavy atom. The van der Waals surface area contributed by atoms with Crippen LogP contribution in [-0.4, -0.2) is 45.8 Å². The second-order valence-corrected chi connectivity index (χ2v) is 8.83. The van der Waals surface area contributed by atoms with E-state index in [9.17, 15) is 5.11 Å². The van der Waals surface area contributed by atoms with Crippen LogP contribution in [0.3, 0.4) is 0 Å². The molecule has 7 heteroatoms. The zero-order valence-corrected chi connectivity index (χ0v) is 19.6. The molecule has 1 unspecified atom stereocenters. The van der Waals surface area contributed by atoms with Gasteiger partial charge in [-0.15, -0.1) is 0 Å². The van der Waals surface area contributed by atoms with Crippen LogP contribution in [0.2, 0.25) is 5.02 Å². The maximum atomic E-state index is 11.6. The molecule has 1 aliphatic carbocycles. The van der Waals surface area contributed by atoms with Crippen LogP contribution in [0.15, 0.2) is 42.7 Å². The molecule has 3 heterocycles. The van der Waals surface area contributed by atoms with Crippen molar-refractivity contribution in [3.8, 4) is 0 Å². The molecule has 3 aromatic rings. The lowest BCUT2D eigenvalue weighted by Gasteiger charge is -2.28. The molecule has 5 rings (SSSR count). The van der Waals surface area contributed by atoms with Crippen molar-refractivity contribution in [2.24, 2.45) is 7.05 Å². The lowest BCUT2D eigenvalue weighted by Crippen LogP contribution is -2.39. The van der Waals surface area contributed by atoms with E-state index in [2.05, 4.69) is 20.6 Å². The third-order valence-electron chi connectivity index (χ3n) is 6.15. The maximum absolute atomic E-state index is 11.6. The van der Waals surface area contributed by atoms with Crippen molar-refractivity contribution < 1.29 is 5.11 Å². The molecule has 2 aliphatic rings. The SMILES string of the molecule is C1CNCCN1.Cc1ncc(C(C)(O)C2=Cc3cccnc3Cc3ccc(Cl)cc32)n1C. The Hall–Kier alpha value is -2.51. The minimum Gasteiger partial charge on any atom is -0.379 e. The number of fused-ring (bicyclic) bond motifs is 2. The predicted molar refractivity (Wildman–Crippen MR) is 130 cm³/mol. The molecule has 0 bridgehead atoms. The van der Waals surface area contributed by atoms with Crippen LogP contribution < -0.4 is 10.6 Å². The van der Waals surface area contributed by atoms with Crippen molar-refractivity contribution in [1.82, 2.24) is 25.2 Å². The topological polar surface area (TPSA) is 75.0 Å². The van der Waals surface area contributed by atoms with E-state index in [0.717, 1.165) is 65.7 Å². The van der Waals surface area contributed by atoms with Gasteiger partial charge in [0.05, 0.1) is 17.6 Å². The van der Waals surface area contributed by atoms with Crippen molar-refractivity contribution in [1.29, 1.82) is 0 Å². The molecule has 0 amide bonds. The summed E-state index contributed by atoms with van der Waals surface area (Å²) in [5.74, 6) is 0.850. The summed E-state index contributed by atoms with van der Waals surface area (Å²) in [6, 6.07) is 9.76. The average molecular weight is 452 g/mol. The number of piperazine rings is 1. The van der Waals surface area contributed by atoms with Crippen molar-refractivity contribution in [3.63, 3.8) is 0 Å². The number of imidazole rings is 1. The zero-order valence-electron chi connectivity index (χ0n) is 18.8. The summed E-state index contributed by atoms with van der Waals surface area (Å²) < 4.78 is 1.92. The van der Waals surface area contributed by atoms with Crippen molar-refractivity contribution in [2.45, 2.75) is 25.9 Å². The standard InChI is InChI=1S/C21H20ClN3O.C4H10N2/c1-13-24-12-20(25(13)3)21(2,26)18-9-15-5-4-8-23-19(15)10-14-6-7-16(22)11-17(14)18;1-2-6-4-3-5-1/h4-9,11-12,26H,10H2,1-3H3;5-6H,1-4H2. The summed E-state index contributed by atoms with van der Waals surface area (Å²) in [7, 11) is 1.91. The first kappa shape index (κ1) is 22.7. The van der Waals surface area contributed by atoms with Gasteiger partial charge in [0, 0.05) is 50.9 Å². The summed E-state index contributed by atoms with van der Waals surface area (Å²) in [5, 5.41) is 18.7. The normalized spacial score (nSPS) is 17.1. The second-order valence-electron chi connectivity index (χ2n) is 8.40. The quantitative estimate of drug-likeness (QED) is 0.557. The Balaban J connectivity index is 0.000000354. The summed E-state index contributed by atoms with van der Waals surface area (Å²) >= 11 is 6.30. The molecular formula is C25H30ClN5O. The second kappa shape index (κ2) is 9.55.